The Morgan fingerprint density at radius 2 is 2.06 bits per heavy atom. The molecule has 3 nitrogen and oxygen atoms in total. The fraction of sp³-hybridized carbons (Fsp3) is 0.923. The number of nitrogens with one attached hydrogen (secondary N) is 2. The van der Waals surface area contributed by atoms with Gasteiger partial charge in [0.2, 0.25) is 5.91 Å². The van der Waals surface area contributed by atoms with Gasteiger partial charge in [-0.2, -0.15) is 0 Å². The number of carbonyl (C=O) groups is 1. The number of carbonyl (C=O) groups excluding carboxylic acids is 1. The zero-order valence-corrected chi connectivity index (χ0v) is 11.3. The topological polar surface area (TPSA) is 41.1 Å². The quantitative estimate of drug-likeness (QED) is 0.768. The summed E-state index contributed by atoms with van der Waals surface area (Å²) in [6.45, 7) is 13.5. The normalized spacial score (nSPS) is 27.8. The molecule has 1 unspecified atom stereocenters. The highest BCUT2D eigenvalue weighted by molar-refractivity contribution is 5.79. The van der Waals surface area contributed by atoms with Crippen LogP contribution in [0.3, 0.4) is 0 Å². The Kier molecular flexibility index (Phi) is 4.36. The van der Waals surface area contributed by atoms with Crippen LogP contribution in [-0.4, -0.2) is 25.5 Å². The lowest BCUT2D eigenvalue weighted by atomic mass is 9.82. The van der Waals surface area contributed by atoms with Crippen molar-refractivity contribution in [3.8, 4) is 0 Å². The van der Waals surface area contributed by atoms with E-state index in [4.69, 9.17) is 0 Å². The molecule has 0 aromatic heterocycles. The van der Waals surface area contributed by atoms with Gasteiger partial charge < -0.3 is 10.6 Å². The highest BCUT2D eigenvalue weighted by Crippen LogP contribution is 2.24. The summed E-state index contributed by atoms with van der Waals surface area (Å²) >= 11 is 0. The molecule has 1 heterocycles. The molecule has 3 heteroatoms. The van der Waals surface area contributed by atoms with Gasteiger partial charge in [-0.25, -0.2) is 0 Å². The molecule has 1 amide bonds. The van der Waals surface area contributed by atoms with Crippen molar-refractivity contribution in [3.05, 3.63) is 0 Å². The van der Waals surface area contributed by atoms with E-state index in [1.165, 1.54) is 0 Å². The minimum Gasteiger partial charge on any atom is -0.356 e. The molecule has 2 N–H and O–H groups in total. The Balaban J connectivity index is 2.35. The maximum atomic E-state index is 11.9. The molecule has 94 valence electrons. The predicted octanol–water partition coefficient (Wildman–Crippen LogP) is 1.64. The van der Waals surface area contributed by atoms with Crippen LogP contribution in [0.15, 0.2) is 0 Å². The number of rotatable bonds is 3. The van der Waals surface area contributed by atoms with Crippen molar-refractivity contribution in [1.29, 1.82) is 0 Å². The molecule has 0 bridgehead atoms. The van der Waals surface area contributed by atoms with Gasteiger partial charge in [0, 0.05) is 13.1 Å². The lowest BCUT2D eigenvalue weighted by Gasteiger charge is -2.28. The molecule has 0 radical (unpaired) electrons. The summed E-state index contributed by atoms with van der Waals surface area (Å²) in [5.74, 6) is 1.34. The van der Waals surface area contributed by atoms with Gasteiger partial charge >= 0.3 is 0 Å². The van der Waals surface area contributed by atoms with Crippen molar-refractivity contribution in [1.82, 2.24) is 10.6 Å². The standard InChI is InChI=1S/C13H26N2O/c1-9-6-14-8-11(9)12(16)15-7-10(2)13(3,4)5/h9-11,14H,6-8H2,1-5H3,(H,15,16)/t9-,10?,11-/m1/s1. The number of hydrogen-bond acceptors (Lipinski definition) is 2. The molecule has 0 aromatic carbocycles. The van der Waals surface area contributed by atoms with Gasteiger partial charge in [0.15, 0.2) is 0 Å². The summed E-state index contributed by atoms with van der Waals surface area (Å²) in [5, 5.41) is 6.34. The van der Waals surface area contributed by atoms with E-state index in [1.807, 2.05) is 0 Å². The minimum atomic E-state index is 0.159. The SMILES string of the molecule is CC(CNC(=O)[C@@H]1CNC[C@H]1C)C(C)(C)C. The Hall–Kier alpha value is -0.570. The third-order valence-electron chi connectivity index (χ3n) is 3.92. The lowest BCUT2D eigenvalue weighted by molar-refractivity contribution is -0.125. The lowest BCUT2D eigenvalue weighted by Crippen LogP contribution is -2.39. The Morgan fingerprint density at radius 3 is 2.50 bits per heavy atom. The van der Waals surface area contributed by atoms with Crippen LogP contribution in [-0.2, 0) is 4.79 Å². The van der Waals surface area contributed by atoms with Gasteiger partial charge in [0.05, 0.1) is 5.92 Å². The van der Waals surface area contributed by atoms with Crippen LogP contribution in [0.1, 0.15) is 34.6 Å². The zero-order chi connectivity index (χ0) is 12.3. The molecule has 1 rings (SSSR count). The summed E-state index contributed by atoms with van der Waals surface area (Å²) < 4.78 is 0. The predicted molar refractivity (Wildman–Crippen MR) is 67.2 cm³/mol. The van der Waals surface area contributed by atoms with E-state index >= 15 is 0 Å². The third kappa shape index (κ3) is 3.48. The zero-order valence-electron chi connectivity index (χ0n) is 11.3. The van der Waals surface area contributed by atoms with Gasteiger partial charge in [0.1, 0.15) is 0 Å². The van der Waals surface area contributed by atoms with Gasteiger partial charge in [-0.15, -0.1) is 0 Å². The highest BCUT2D eigenvalue weighted by atomic mass is 16.1. The second kappa shape index (κ2) is 5.17. The fourth-order valence-electron chi connectivity index (χ4n) is 1.85. The Labute approximate surface area is 99.4 Å². The molecule has 3 atom stereocenters. The molecule has 0 spiro atoms. The van der Waals surface area contributed by atoms with Crippen LogP contribution >= 0.6 is 0 Å². The molecule has 1 aliphatic rings. The molecular weight excluding hydrogens is 200 g/mol. The van der Waals surface area contributed by atoms with Gasteiger partial charge in [-0.3, -0.25) is 4.79 Å². The van der Waals surface area contributed by atoms with Crippen molar-refractivity contribution in [3.63, 3.8) is 0 Å². The third-order valence-corrected chi connectivity index (χ3v) is 3.92. The molecule has 1 aliphatic heterocycles. The minimum absolute atomic E-state index is 0.159. The molecule has 1 saturated heterocycles. The molecule has 0 aromatic rings. The van der Waals surface area contributed by atoms with Crippen molar-refractivity contribution in [2.75, 3.05) is 19.6 Å². The average molecular weight is 226 g/mol. The summed E-state index contributed by atoms with van der Waals surface area (Å²) in [6, 6.07) is 0. The molecular formula is C13H26N2O. The van der Waals surface area contributed by atoms with Gasteiger partial charge in [-0.05, 0) is 23.8 Å². The van der Waals surface area contributed by atoms with Crippen LogP contribution in [0.4, 0.5) is 0 Å². The van der Waals surface area contributed by atoms with Crippen LogP contribution in [0.5, 0.6) is 0 Å². The van der Waals surface area contributed by atoms with E-state index in [-0.39, 0.29) is 17.2 Å². The van der Waals surface area contributed by atoms with Gasteiger partial charge in [-0.1, -0.05) is 34.6 Å². The van der Waals surface area contributed by atoms with Crippen molar-refractivity contribution in [2.45, 2.75) is 34.6 Å². The smallest absolute Gasteiger partial charge is 0.224 e. The van der Waals surface area contributed by atoms with E-state index in [0.29, 0.717) is 11.8 Å². The molecule has 1 fully saturated rings. The molecule has 16 heavy (non-hydrogen) atoms. The maximum Gasteiger partial charge on any atom is 0.224 e. The van der Waals surface area contributed by atoms with E-state index in [2.05, 4.69) is 45.3 Å². The average Bonchev–Trinajstić information content (AvgIpc) is 2.58. The first kappa shape index (κ1) is 13.5. The summed E-state index contributed by atoms with van der Waals surface area (Å²) in [5.41, 5.74) is 0.257. The van der Waals surface area contributed by atoms with E-state index in [1.54, 1.807) is 0 Å². The van der Waals surface area contributed by atoms with Crippen molar-refractivity contribution < 1.29 is 4.79 Å². The number of hydrogen-bond donors (Lipinski definition) is 2. The first-order valence-corrected chi connectivity index (χ1v) is 6.30. The van der Waals surface area contributed by atoms with Crippen LogP contribution in [0.25, 0.3) is 0 Å². The van der Waals surface area contributed by atoms with Gasteiger partial charge in [0.25, 0.3) is 0 Å². The van der Waals surface area contributed by atoms with Crippen LogP contribution in [0.2, 0.25) is 0 Å². The number of amides is 1. The Bertz CT molecular complexity index is 245. The fourth-order valence-corrected chi connectivity index (χ4v) is 1.85. The monoisotopic (exact) mass is 226 g/mol. The second-order valence-electron chi connectivity index (χ2n) is 6.25. The summed E-state index contributed by atoms with van der Waals surface area (Å²) in [7, 11) is 0. The van der Waals surface area contributed by atoms with E-state index < -0.39 is 0 Å². The summed E-state index contributed by atoms with van der Waals surface area (Å²) in [6.07, 6.45) is 0. The second-order valence-corrected chi connectivity index (χ2v) is 6.25. The maximum absolute atomic E-state index is 11.9. The molecule has 0 aliphatic carbocycles. The highest BCUT2D eigenvalue weighted by Gasteiger charge is 2.30. The van der Waals surface area contributed by atoms with Crippen molar-refractivity contribution >= 4 is 5.91 Å². The summed E-state index contributed by atoms with van der Waals surface area (Å²) in [4.78, 5) is 11.9. The van der Waals surface area contributed by atoms with Crippen molar-refractivity contribution in [2.24, 2.45) is 23.2 Å². The van der Waals surface area contributed by atoms with Crippen LogP contribution in [0, 0.1) is 23.2 Å². The Morgan fingerprint density at radius 1 is 1.44 bits per heavy atom. The van der Waals surface area contributed by atoms with E-state index in [0.717, 1.165) is 19.6 Å². The van der Waals surface area contributed by atoms with Crippen LogP contribution < -0.4 is 10.6 Å². The van der Waals surface area contributed by atoms with E-state index in [9.17, 15) is 4.79 Å². The first-order valence-electron chi connectivity index (χ1n) is 6.30. The molecule has 0 saturated carbocycles. The first-order chi connectivity index (χ1) is 7.32. The largest absolute Gasteiger partial charge is 0.356 e.